The second-order valence-electron chi connectivity index (χ2n) is 4.47. The van der Waals surface area contributed by atoms with Crippen molar-refractivity contribution in [1.82, 2.24) is 0 Å². The van der Waals surface area contributed by atoms with Gasteiger partial charge in [-0.3, -0.25) is 9.59 Å². The number of aryl methyl sites for hydroxylation is 2. The van der Waals surface area contributed by atoms with Gasteiger partial charge in [0.2, 0.25) is 0 Å². The lowest BCUT2D eigenvalue weighted by Gasteiger charge is -2.08. The van der Waals surface area contributed by atoms with Gasteiger partial charge in [-0.2, -0.15) is 0 Å². The van der Waals surface area contributed by atoms with Crippen molar-refractivity contribution in [2.24, 2.45) is 0 Å². The fourth-order valence-corrected chi connectivity index (χ4v) is 1.85. The van der Waals surface area contributed by atoms with Gasteiger partial charge in [-0.25, -0.2) is 0 Å². The Morgan fingerprint density at radius 3 is 2.26 bits per heavy atom. The van der Waals surface area contributed by atoms with Crippen molar-refractivity contribution >= 4 is 17.4 Å². The maximum Gasteiger partial charge on any atom is 0.296 e. The maximum atomic E-state index is 11.9. The Bertz CT molecular complexity index is 618. The van der Waals surface area contributed by atoms with Crippen LogP contribution in [0.4, 0.5) is 5.69 Å². The first-order valence-electron chi connectivity index (χ1n) is 6.06. The van der Waals surface area contributed by atoms with Gasteiger partial charge in [0.1, 0.15) is 0 Å². The number of rotatable bonds is 3. The van der Waals surface area contributed by atoms with Crippen LogP contribution in [0, 0.1) is 13.8 Å². The molecule has 0 atom stereocenters. The van der Waals surface area contributed by atoms with Crippen LogP contribution in [0.5, 0.6) is 0 Å². The standard InChI is InChI=1S/C16H15NO2/c1-11-8-9-14(12(2)10-11)17-16(19)15(18)13-6-4-3-5-7-13/h3-10H,1-2H3,(H,17,19). The molecule has 2 aromatic rings. The summed E-state index contributed by atoms with van der Waals surface area (Å²) >= 11 is 0. The highest BCUT2D eigenvalue weighted by Gasteiger charge is 2.16. The number of ketones is 1. The third-order valence-electron chi connectivity index (χ3n) is 2.87. The van der Waals surface area contributed by atoms with Crippen LogP contribution in [0.25, 0.3) is 0 Å². The lowest BCUT2D eigenvalue weighted by atomic mass is 10.1. The molecule has 2 aromatic carbocycles. The molecule has 0 fully saturated rings. The van der Waals surface area contributed by atoms with Crippen molar-refractivity contribution in [2.75, 3.05) is 5.32 Å². The summed E-state index contributed by atoms with van der Waals surface area (Å²) in [5.74, 6) is -1.14. The molecule has 1 amide bonds. The molecule has 0 saturated heterocycles. The Morgan fingerprint density at radius 2 is 1.63 bits per heavy atom. The van der Waals surface area contributed by atoms with Gasteiger partial charge in [-0.1, -0.05) is 48.0 Å². The Morgan fingerprint density at radius 1 is 0.947 bits per heavy atom. The quantitative estimate of drug-likeness (QED) is 0.674. The highest BCUT2D eigenvalue weighted by Crippen LogP contribution is 2.16. The lowest BCUT2D eigenvalue weighted by Crippen LogP contribution is -2.23. The monoisotopic (exact) mass is 253 g/mol. The Kier molecular flexibility index (Phi) is 3.76. The van der Waals surface area contributed by atoms with E-state index in [4.69, 9.17) is 0 Å². The van der Waals surface area contributed by atoms with Gasteiger partial charge in [0.05, 0.1) is 0 Å². The Labute approximate surface area is 112 Å². The second-order valence-corrected chi connectivity index (χ2v) is 4.47. The summed E-state index contributed by atoms with van der Waals surface area (Å²) < 4.78 is 0. The van der Waals surface area contributed by atoms with Gasteiger partial charge in [0.15, 0.2) is 0 Å². The minimum absolute atomic E-state index is 0.393. The summed E-state index contributed by atoms with van der Waals surface area (Å²) in [6.45, 7) is 3.88. The van der Waals surface area contributed by atoms with Crippen LogP contribution in [-0.4, -0.2) is 11.7 Å². The average molecular weight is 253 g/mol. The third-order valence-corrected chi connectivity index (χ3v) is 2.87. The Hall–Kier alpha value is -2.42. The average Bonchev–Trinajstić information content (AvgIpc) is 2.42. The largest absolute Gasteiger partial charge is 0.319 e. The molecule has 0 bridgehead atoms. The second kappa shape index (κ2) is 5.48. The molecule has 0 aliphatic rings. The van der Waals surface area contributed by atoms with E-state index in [9.17, 15) is 9.59 Å². The molecular formula is C16H15NO2. The van der Waals surface area contributed by atoms with Crippen LogP contribution in [0.2, 0.25) is 0 Å². The molecule has 0 radical (unpaired) electrons. The van der Waals surface area contributed by atoms with E-state index in [-0.39, 0.29) is 0 Å². The van der Waals surface area contributed by atoms with Crippen LogP contribution >= 0.6 is 0 Å². The fraction of sp³-hybridized carbons (Fsp3) is 0.125. The van der Waals surface area contributed by atoms with E-state index in [1.807, 2.05) is 26.0 Å². The van der Waals surface area contributed by atoms with Crippen molar-refractivity contribution in [3.63, 3.8) is 0 Å². The van der Waals surface area contributed by atoms with Gasteiger partial charge < -0.3 is 5.32 Å². The number of Topliss-reactive ketones (excluding diaryl/α,β-unsaturated/α-hetero) is 1. The number of carbonyl (C=O) groups is 2. The van der Waals surface area contributed by atoms with E-state index >= 15 is 0 Å². The van der Waals surface area contributed by atoms with Crippen molar-refractivity contribution in [3.05, 3.63) is 65.2 Å². The topological polar surface area (TPSA) is 46.2 Å². The van der Waals surface area contributed by atoms with Gasteiger partial charge in [-0.05, 0) is 25.5 Å². The third kappa shape index (κ3) is 3.07. The molecule has 96 valence electrons. The number of nitrogens with one attached hydrogen (secondary N) is 1. The van der Waals surface area contributed by atoms with Crippen LogP contribution in [0.15, 0.2) is 48.5 Å². The van der Waals surface area contributed by atoms with Crippen molar-refractivity contribution in [1.29, 1.82) is 0 Å². The number of anilines is 1. The zero-order chi connectivity index (χ0) is 13.8. The maximum absolute atomic E-state index is 11.9. The minimum Gasteiger partial charge on any atom is -0.319 e. The molecule has 0 saturated carbocycles. The summed E-state index contributed by atoms with van der Waals surface area (Å²) in [5, 5.41) is 2.65. The van der Waals surface area contributed by atoms with Crippen LogP contribution in [-0.2, 0) is 4.79 Å². The Balaban J connectivity index is 2.15. The number of carbonyl (C=O) groups excluding carboxylic acids is 2. The van der Waals surface area contributed by atoms with E-state index < -0.39 is 11.7 Å². The smallest absolute Gasteiger partial charge is 0.296 e. The van der Waals surface area contributed by atoms with E-state index in [0.717, 1.165) is 11.1 Å². The first kappa shape index (κ1) is 13.0. The number of benzene rings is 2. The summed E-state index contributed by atoms with van der Waals surface area (Å²) in [6, 6.07) is 14.2. The number of amides is 1. The highest BCUT2D eigenvalue weighted by atomic mass is 16.2. The number of hydrogen-bond acceptors (Lipinski definition) is 2. The van der Waals surface area contributed by atoms with Crippen molar-refractivity contribution < 1.29 is 9.59 Å². The molecule has 0 aromatic heterocycles. The van der Waals surface area contributed by atoms with Gasteiger partial charge in [-0.15, -0.1) is 0 Å². The zero-order valence-corrected chi connectivity index (χ0v) is 10.9. The molecule has 19 heavy (non-hydrogen) atoms. The molecular weight excluding hydrogens is 238 g/mol. The van der Waals surface area contributed by atoms with Crippen LogP contribution in [0.3, 0.4) is 0 Å². The molecule has 0 unspecified atom stereocenters. The minimum atomic E-state index is -0.613. The van der Waals surface area contributed by atoms with E-state index in [0.29, 0.717) is 11.3 Å². The van der Waals surface area contributed by atoms with Crippen LogP contribution < -0.4 is 5.32 Å². The number of hydrogen-bond donors (Lipinski definition) is 1. The predicted molar refractivity (Wildman–Crippen MR) is 75.3 cm³/mol. The SMILES string of the molecule is Cc1ccc(NC(=O)C(=O)c2ccccc2)c(C)c1. The molecule has 0 aliphatic carbocycles. The van der Waals surface area contributed by atoms with E-state index in [1.165, 1.54) is 0 Å². The summed E-state index contributed by atoms with van der Waals surface area (Å²) in [5.41, 5.74) is 3.11. The van der Waals surface area contributed by atoms with Gasteiger partial charge >= 0.3 is 0 Å². The molecule has 3 nitrogen and oxygen atoms in total. The first-order chi connectivity index (χ1) is 9.08. The van der Waals surface area contributed by atoms with E-state index in [1.54, 1.807) is 36.4 Å². The fourth-order valence-electron chi connectivity index (χ4n) is 1.85. The summed E-state index contributed by atoms with van der Waals surface area (Å²) in [7, 11) is 0. The molecule has 2 rings (SSSR count). The molecule has 1 N–H and O–H groups in total. The summed E-state index contributed by atoms with van der Waals surface area (Å²) in [6.07, 6.45) is 0. The molecule has 3 heteroatoms. The zero-order valence-electron chi connectivity index (χ0n) is 10.9. The molecule has 0 aliphatic heterocycles. The van der Waals surface area contributed by atoms with E-state index in [2.05, 4.69) is 5.32 Å². The van der Waals surface area contributed by atoms with Crippen LogP contribution in [0.1, 0.15) is 21.5 Å². The first-order valence-corrected chi connectivity index (χ1v) is 6.06. The predicted octanol–water partition coefficient (Wildman–Crippen LogP) is 3.12. The molecule has 0 spiro atoms. The van der Waals surface area contributed by atoms with Crippen molar-refractivity contribution in [2.45, 2.75) is 13.8 Å². The lowest BCUT2D eigenvalue weighted by molar-refractivity contribution is -0.112. The van der Waals surface area contributed by atoms with Crippen molar-refractivity contribution in [3.8, 4) is 0 Å². The summed E-state index contributed by atoms with van der Waals surface area (Å²) in [4.78, 5) is 23.8. The van der Waals surface area contributed by atoms with Gasteiger partial charge in [0, 0.05) is 11.3 Å². The normalized spacial score (nSPS) is 10.0. The molecule has 0 heterocycles. The van der Waals surface area contributed by atoms with Gasteiger partial charge in [0.25, 0.3) is 11.7 Å². The highest BCUT2D eigenvalue weighted by molar-refractivity contribution is 6.46.